The van der Waals surface area contributed by atoms with Gasteiger partial charge in [-0.3, -0.25) is 0 Å². The van der Waals surface area contributed by atoms with E-state index in [-0.39, 0.29) is 19.8 Å². The molecule has 96 valence electrons. The van der Waals surface area contributed by atoms with Gasteiger partial charge in [0.2, 0.25) is 10.0 Å². The summed E-state index contributed by atoms with van der Waals surface area (Å²) in [5, 5.41) is 28.0. The largest absolute Gasteiger partial charge is 0.394 e. The van der Waals surface area contributed by atoms with Gasteiger partial charge in [-0.1, -0.05) is 0 Å². The maximum Gasteiger partial charge on any atom is 0.208 e. The van der Waals surface area contributed by atoms with E-state index in [1.165, 1.54) is 0 Å². The lowest BCUT2D eigenvalue weighted by Crippen LogP contribution is -2.54. The van der Waals surface area contributed by atoms with Crippen LogP contribution in [0.15, 0.2) is 0 Å². The molecule has 0 aliphatic carbocycles. The van der Waals surface area contributed by atoms with Gasteiger partial charge >= 0.3 is 0 Å². The van der Waals surface area contributed by atoms with Crippen LogP contribution >= 0.6 is 0 Å². The van der Waals surface area contributed by atoms with Gasteiger partial charge in [0.05, 0.1) is 25.6 Å². The predicted octanol–water partition coefficient (Wildman–Crippen LogP) is -2.74. The van der Waals surface area contributed by atoms with E-state index in [1.807, 2.05) is 0 Å². The zero-order valence-electron chi connectivity index (χ0n) is 8.91. The molecular weight excluding hydrogens is 238 g/mol. The number of ether oxygens (including phenoxy) is 1. The monoisotopic (exact) mass is 255 g/mol. The lowest BCUT2D eigenvalue weighted by molar-refractivity contribution is -0.172. The molecule has 8 heteroatoms. The van der Waals surface area contributed by atoms with Crippen LogP contribution in [0.5, 0.6) is 0 Å². The second-order valence-corrected chi connectivity index (χ2v) is 5.75. The molecular formula is C8H17NO6S. The van der Waals surface area contributed by atoms with Crippen LogP contribution in [0, 0.1) is 5.92 Å². The summed E-state index contributed by atoms with van der Waals surface area (Å²) in [6.45, 7) is -0.300. The smallest absolute Gasteiger partial charge is 0.208 e. The second-order valence-electron chi connectivity index (χ2n) is 3.92. The van der Waals surface area contributed by atoms with Crippen molar-refractivity contribution in [3.05, 3.63) is 0 Å². The van der Waals surface area contributed by atoms with E-state index < -0.39 is 34.3 Å². The minimum atomic E-state index is -3.33. The molecule has 1 aliphatic rings. The van der Waals surface area contributed by atoms with E-state index in [1.54, 1.807) is 0 Å². The number of nitrogens with one attached hydrogen (secondary N) is 1. The third-order valence-electron chi connectivity index (χ3n) is 2.53. The minimum Gasteiger partial charge on any atom is -0.394 e. The topological polar surface area (TPSA) is 116 Å². The van der Waals surface area contributed by atoms with Crippen molar-refractivity contribution >= 4 is 10.0 Å². The standard InChI is InChI=1S/C8H17NO6S/c1-16(13,14)9-2-5-4-15-6(3-10)8(12)7(5)11/h5-12H,2-4H2,1H3/t5?,6-,7-,8+/m1/s1. The number of hydrogen-bond donors (Lipinski definition) is 4. The van der Waals surface area contributed by atoms with Gasteiger partial charge in [-0.25, -0.2) is 13.1 Å². The van der Waals surface area contributed by atoms with Crippen molar-refractivity contribution in [1.82, 2.24) is 4.72 Å². The fraction of sp³-hybridized carbons (Fsp3) is 1.00. The van der Waals surface area contributed by atoms with E-state index in [4.69, 9.17) is 9.84 Å². The van der Waals surface area contributed by atoms with Crippen LogP contribution in [0.3, 0.4) is 0 Å². The second kappa shape index (κ2) is 5.39. The van der Waals surface area contributed by atoms with Gasteiger partial charge in [0, 0.05) is 12.5 Å². The average Bonchev–Trinajstić information content (AvgIpc) is 2.19. The predicted molar refractivity (Wildman–Crippen MR) is 55.2 cm³/mol. The molecule has 1 heterocycles. The van der Waals surface area contributed by atoms with Crippen molar-refractivity contribution in [3.8, 4) is 0 Å². The van der Waals surface area contributed by atoms with Crippen LogP contribution in [0.1, 0.15) is 0 Å². The Bertz CT molecular complexity index is 318. The Morgan fingerprint density at radius 1 is 1.38 bits per heavy atom. The van der Waals surface area contributed by atoms with Crippen LogP contribution in [-0.4, -0.2) is 68.1 Å². The molecule has 1 rings (SSSR count). The van der Waals surface area contributed by atoms with E-state index in [0.29, 0.717) is 0 Å². The third kappa shape index (κ3) is 3.65. The van der Waals surface area contributed by atoms with E-state index in [9.17, 15) is 18.6 Å². The number of sulfonamides is 1. The number of rotatable bonds is 4. The van der Waals surface area contributed by atoms with Gasteiger partial charge < -0.3 is 20.1 Å². The highest BCUT2D eigenvalue weighted by Gasteiger charge is 2.37. The van der Waals surface area contributed by atoms with Crippen molar-refractivity contribution in [2.75, 3.05) is 26.0 Å². The van der Waals surface area contributed by atoms with Crippen LogP contribution in [0.25, 0.3) is 0 Å². The van der Waals surface area contributed by atoms with Crippen LogP contribution in [-0.2, 0) is 14.8 Å². The van der Waals surface area contributed by atoms with Gasteiger partial charge in [-0.05, 0) is 0 Å². The van der Waals surface area contributed by atoms with E-state index in [0.717, 1.165) is 6.26 Å². The molecule has 1 unspecified atom stereocenters. The fourth-order valence-electron chi connectivity index (χ4n) is 1.54. The molecule has 7 nitrogen and oxygen atoms in total. The fourth-order valence-corrected chi connectivity index (χ4v) is 2.06. The quantitative estimate of drug-likeness (QED) is 0.433. The molecule has 0 bridgehead atoms. The molecule has 0 amide bonds. The van der Waals surface area contributed by atoms with Gasteiger partial charge in [0.25, 0.3) is 0 Å². The van der Waals surface area contributed by atoms with Crippen LogP contribution < -0.4 is 4.72 Å². The Balaban J connectivity index is 2.51. The molecule has 16 heavy (non-hydrogen) atoms. The lowest BCUT2D eigenvalue weighted by atomic mass is 9.93. The Kier molecular flexibility index (Phi) is 4.65. The summed E-state index contributed by atoms with van der Waals surface area (Å²) in [6, 6.07) is 0. The zero-order valence-corrected chi connectivity index (χ0v) is 9.72. The molecule has 0 spiro atoms. The van der Waals surface area contributed by atoms with Gasteiger partial charge in [0.15, 0.2) is 0 Å². The highest BCUT2D eigenvalue weighted by atomic mass is 32.2. The first-order chi connectivity index (χ1) is 7.35. The highest BCUT2D eigenvalue weighted by Crippen LogP contribution is 2.19. The SMILES string of the molecule is CS(=O)(=O)NCC1CO[C@H](CO)[C@H](O)[C@@H]1O. The number of aliphatic hydroxyl groups is 3. The van der Waals surface area contributed by atoms with E-state index in [2.05, 4.69) is 4.72 Å². The molecule has 0 aromatic carbocycles. The van der Waals surface area contributed by atoms with Crippen molar-refractivity contribution in [1.29, 1.82) is 0 Å². The summed E-state index contributed by atoms with van der Waals surface area (Å²) in [4.78, 5) is 0. The van der Waals surface area contributed by atoms with E-state index >= 15 is 0 Å². The number of hydrogen-bond acceptors (Lipinski definition) is 6. The Hall–Kier alpha value is -0.250. The molecule has 1 fully saturated rings. The van der Waals surface area contributed by atoms with Crippen LogP contribution in [0.4, 0.5) is 0 Å². The molecule has 1 saturated heterocycles. The molecule has 4 atom stereocenters. The summed E-state index contributed by atoms with van der Waals surface area (Å²) in [5.41, 5.74) is 0. The maximum absolute atomic E-state index is 10.8. The first-order valence-electron chi connectivity index (χ1n) is 4.88. The molecule has 0 saturated carbocycles. The van der Waals surface area contributed by atoms with Crippen molar-refractivity contribution < 1.29 is 28.5 Å². The van der Waals surface area contributed by atoms with Crippen LogP contribution in [0.2, 0.25) is 0 Å². The van der Waals surface area contributed by atoms with Gasteiger partial charge in [-0.15, -0.1) is 0 Å². The Labute approximate surface area is 94.1 Å². The molecule has 0 aromatic rings. The normalized spacial score (nSPS) is 36.2. The molecule has 4 N–H and O–H groups in total. The first-order valence-corrected chi connectivity index (χ1v) is 6.77. The lowest BCUT2D eigenvalue weighted by Gasteiger charge is -2.36. The summed E-state index contributed by atoms with van der Waals surface area (Å²) in [6.07, 6.45) is -2.12. The summed E-state index contributed by atoms with van der Waals surface area (Å²) in [7, 11) is -3.33. The maximum atomic E-state index is 10.8. The summed E-state index contributed by atoms with van der Waals surface area (Å²) in [5.74, 6) is -0.521. The van der Waals surface area contributed by atoms with Crippen molar-refractivity contribution in [2.45, 2.75) is 18.3 Å². The van der Waals surface area contributed by atoms with Crippen molar-refractivity contribution in [3.63, 3.8) is 0 Å². The molecule has 0 radical (unpaired) electrons. The molecule has 1 aliphatic heterocycles. The van der Waals surface area contributed by atoms with Gasteiger partial charge in [0.1, 0.15) is 12.2 Å². The van der Waals surface area contributed by atoms with Gasteiger partial charge in [-0.2, -0.15) is 0 Å². The summed E-state index contributed by atoms with van der Waals surface area (Å²) >= 11 is 0. The zero-order chi connectivity index (χ0) is 12.3. The Morgan fingerprint density at radius 3 is 2.50 bits per heavy atom. The molecule has 0 aromatic heterocycles. The first kappa shape index (κ1) is 13.8. The Morgan fingerprint density at radius 2 is 2.00 bits per heavy atom. The average molecular weight is 255 g/mol. The van der Waals surface area contributed by atoms with Crippen molar-refractivity contribution in [2.24, 2.45) is 5.92 Å². The number of aliphatic hydroxyl groups excluding tert-OH is 3. The summed E-state index contributed by atoms with van der Waals surface area (Å²) < 4.78 is 29.0. The third-order valence-corrected chi connectivity index (χ3v) is 3.22. The minimum absolute atomic E-state index is 0.00475. The highest BCUT2D eigenvalue weighted by molar-refractivity contribution is 7.88.